The predicted molar refractivity (Wildman–Crippen MR) is 60.4 cm³/mol. The van der Waals surface area contributed by atoms with Crippen molar-refractivity contribution < 1.29 is 0 Å². The topological polar surface area (TPSA) is 50.8 Å². The van der Waals surface area contributed by atoms with Crippen molar-refractivity contribution in [3.8, 4) is 12.1 Å². The standard InChI is InChI=1S/C12H13N3/c1-15(2)9-7-5-3-4-6-8-12(10-13)11-14/h3-9H,1-2H3/b5-3+,6-4+,9-7+. The number of rotatable bonds is 4. The summed E-state index contributed by atoms with van der Waals surface area (Å²) in [6.07, 6.45) is 12.4. The molecule has 0 radical (unpaired) electrons. The van der Waals surface area contributed by atoms with E-state index in [0.717, 1.165) is 0 Å². The molecule has 0 saturated heterocycles. The minimum atomic E-state index is 0.100. The summed E-state index contributed by atoms with van der Waals surface area (Å²) in [7, 11) is 3.88. The van der Waals surface area contributed by atoms with Gasteiger partial charge in [0.25, 0.3) is 0 Å². The molecule has 3 nitrogen and oxygen atoms in total. The zero-order chi connectivity index (χ0) is 11.5. The van der Waals surface area contributed by atoms with Gasteiger partial charge in [-0.25, -0.2) is 0 Å². The second-order valence-corrected chi connectivity index (χ2v) is 2.88. The predicted octanol–water partition coefficient (Wildman–Crippen LogP) is 2.15. The van der Waals surface area contributed by atoms with E-state index in [0.29, 0.717) is 0 Å². The van der Waals surface area contributed by atoms with Crippen LogP contribution in [0.25, 0.3) is 0 Å². The molecular formula is C12H13N3. The van der Waals surface area contributed by atoms with Crippen molar-refractivity contribution >= 4 is 0 Å². The minimum Gasteiger partial charge on any atom is -0.383 e. The van der Waals surface area contributed by atoms with Crippen LogP contribution in [0.4, 0.5) is 0 Å². The molecule has 76 valence electrons. The molecule has 0 saturated carbocycles. The molecule has 0 aromatic rings. The van der Waals surface area contributed by atoms with Gasteiger partial charge in [0, 0.05) is 14.1 Å². The van der Waals surface area contributed by atoms with E-state index in [1.54, 1.807) is 24.3 Å². The average molecular weight is 199 g/mol. The van der Waals surface area contributed by atoms with E-state index in [4.69, 9.17) is 10.5 Å². The molecule has 0 N–H and O–H groups in total. The van der Waals surface area contributed by atoms with Crippen LogP contribution in [0.15, 0.2) is 48.2 Å². The van der Waals surface area contributed by atoms with Gasteiger partial charge in [-0.3, -0.25) is 0 Å². The summed E-state index contributed by atoms with van der Waals surface area (Å²) in [4.78, 5) is 1.93. The lowest BCUT2D eigenvalue weighted by Gasteiger charge is -2.00. The first-order chi connectivity index (χ1) is 7.20. The van der Waals surface area contributed by atoms with Gasteiger partial charge in [0.1, 0.15) is 17.7 Å². The summed E-state index contributed by atoms with van der Waals surface area (Å²) in [6, 6.07) is 3.55. The highest BCUT2D eigenvalue weighted by Gasteiger charge is 1.84. The average Bonchev–Trinajstić information content (AvgIpc) is 2.22. The van der Waals surface area contributed by atoms with Gasteiger partial charge in [0.2, 0.25) is 0 Å². The van der Waals surface area contributed by atoms with Gasteiger partial charge in [-0.1, -0.05) is 24.3 Å². The Balaban J connectivity index is 4.08. The van der Waals surface area contributed by atoms with Gasteiger partial charge < -0.3 is 4.90 Å². The maximum atomic E-state index is 8.42. The highest BCUT2D eigenvalue weighted by Crippen LogP contribution is 1.90. The molecule has 0 aliphatic rings. The van der Waals surface area contributed by atoms with Crippen LogP contribution in [0.1, 0.15) is 0 Å². The van der Waals surface area contributed by atoms with E-state index < -0.39 is 0 Å². The Morgan fingerprint density at radius 3 is 2.00 bits per heavy atom. The van der Waals surface area contributed by atoms with Crippen LogP contribution in [0, 0.1) is 22.7 Å². The Bertz CT molecular complexity index is 355. The first kappa shape index (κ1) is 12.7. The fourth-order valence-corrected chi connectivity index (χ4v) is 0.666. The lowest BCUT2D eigenvalue weighted by molar-refractivity contribution is 0.564. The van der Waals surface area contributed by atoms with Crippen molar-refractivity contribution in [2.45, 2.75) is 0 Å². The molecule has 0 unspecified atom stereocenters. The smallest absolute Gasteiger partial charge is 0.129 e. The molecule has 0 heterocycles. The van der Waals surface area contributed by atoms with E-state index in [1.807, 2.05) is 43.4 Å². The van der Waals surface area contributed by atoms with Crippen LogP contribution >= 0.6 is 0 Å². The Labute approximate surface area is 90.5 Å². The SMILES string of the molecule is CN(C)/C=C/C=C/C=C/C=C(C#N)C#N. The van der Waals surface area contributed by atoms with Gasteiger partial charge in [0.15, 0.2) is 0 Å². The third-order valence-electron chi connectivity index (χ3n) is 1.33. The molecule has 0 spiro atoms. The van der Waals surface area contributed by atoms with Crippen molar-refractivity contribution in [3.05, 3.63) is 48.2 Å². The van der Waals surface area contributed by atoms with Crippen molar-refractivity contribution in [1.82, 2.24) is 4.90 Å². The monoisotopic (exact) mass is 199 g/mol. The maximum Gasteiger partial charge on any atom is 0.129 e. The largest absolute Gasteiger partial charge is 0.383 e. The zero-order valence-corrected chi connectivity index (χ0v) is 8.88. The van der Waals surface area contributed by atoms with E-state index in [1.165, 1.54) is 6.08 Å². The second kappa shape index (κ2) is 8.34. The zero-order valence-electron chi connectivity index (χ0n) is 8.88. The lowest BCUT2D eigenvalue weighted by Crippen LogP contribution is -1.99. The van der Waals surface area contributed by atoms with Gasteiger partial charge >= 0.3 is 0 Å². The summed E-state index contributed by atoms with van der Waals surface area (Å²) >= 11 is 0. The van der Waals surface area contributed by atoms with Crippen molar-refractivity contribution in [3.63, 3.8) is 0 Å². The molecule has 15 heavy (non-hydrogen) atoms. The van der Waals surface area contributed by atoms with Gasteiger partial charge in [-0.2, -0.15) is 10.5 Å². The third kappa shape index (κ3) is 8.08. The van der Waals surface area contributed by atoms with Crippen LogP contribution in [0.3, 0.4) is 0 Å². The number of hydrogen-bond donors (Lipinski definition) is 0. The van der Waals surface area contributed by atoms with Crippen LogP contribution in [0.2, 0.25) is 0 Å². The second-order valence-electron chi connectivity index (χ2n) is 2.88. The Morgan fingerprint density at radius 2 is 1.47 bits per heavy atom. The normalized spacial score (nSPS) is 10.4. The summed E-state index contributed by atoms with van der Waals surface area (Å²) < 4.78 is 0. The Morgan fingerprint density at radius 1 is 0.933 bits per heavy atom. The van der Waals surface area contributed by atoms with Gasteiger partial charge in [-0.15, -0.1) is 0 Å². The molecular weight excluding hydrogens is 186 g/mol. The highest BCUT2D eigenvalue weighted by molar-refractivity contribution is 5.38. The number of nitrogens with zero attached hydrogens (tertiary/aromatic N) is 3. The molecule has 0 aromatic heterocycles. The summed E-state index contributed by atoms with van der Waals surface area (Å²) in [5, 5.41) is 16.8. The fourth-order valence-electron chi connectivity index (χ4n) is 0.666. The van der Waals surface area contributed by atoms with Crippen LogP contribution < -0.4 is 0 Å². The first-order valence-corrected chi connectivity index (χ1v) is 4.39. The molecule has 3 heteroatoms. The number of nitriles is 2. The van der Waals surface area contributed by atoms with Gasteiger partial charge in [-0.05, 0) is 18.4 Å². The van der Waals surface area contributed by atoms with Crippen LogP contribution in [-0.2, 0) is 0 Å². The number of allylic oxidation sites excluding steroid dienone is 7. The van der Waals surface area contributed by atoms with Crippen molar-refractivity contribution in [2.24, 2.45) is 0 Å². The highest BCUT2D eigenvalue weighted by atomic mass is 15.0. The van der Waals surface area contributed by atoms with Crippen LogP contribution in [0.5, 0.6) is 0 Å². The molecule has 0 aromatic carbocycles. The summed E-state index contributed by atoms with van der Waals surface area (Å²) in [5.74, 6) is 0. The van der Waals surface area contributed by atoms with E-state index in [-0.39, 0.29) is 5.57 Å². The molecule has 0 rings (SSSR count). The molecule has 0 bridgehead atoms. The summed E-state index contributed by atoms with van der Waals surface area (Å²) in [5.41, 5.74) is 0.100. The molecule has 0 aliphatic heterocycles. The maximum absolute atomic E-state index is 8.42. The molecule has 0 aliphatic carbocycles. The Hall–Kier alpha value is -2.26. The van der Waals surface area contributed by atoms with Crippen molar-refractivity contribution in [2.75, 3.05) is 14.1 Å². The molecule has 0 atom stereocenters. The number of hydrogen-bond acceptors (Lipinski definition) is 3. The first-order valence-electron chi connectivity index (χ1n) is 4.39. The van der Waals surface area contributed by atoms with Gasteiger partial charge in [0.05, 0.1) is 0 Å². The quantitative estimate of drug-likeness (QED) is 0.515. The molecule has 0 fully saturated rings. The van der Waals surface area contributed by atoms with Crippen LogP contribution in [-0.4, -0.2) is 19.0 Å². The Kier molecular flexibility index (Phi) is 7.09. The lowest BCUT2D eigenvalue weighted by atomic mass is 10.3. The fraction of sp³-hybridized carbons (Fsp3) is 0.167. The van der Waals surface area contributed by atoms with E-state index >= 15 is 0 Å². The van der Waals surface area contributed by atoms with E-state index in [2.05, 4.69) is 0 Å². The molecule has 0 amide bonds. The minimum absolute atomic E-state index is 0.100. The van der Waals surface area contributed by atoms with E-state index in [9.17, 15) is 0 Å². The summed E-state index contributed by atoms with van der Waals surface area (Å²) in [6.45, 7) is 0. The van der Waals surface area contributed by atoms with Crippen molar-refractivity contribution in [1.29, 1.82) is 10.5 Å². The third-order valence-corrected chi connectivity index (χ3v) is 1.33.